The van der Waals surface area contributed by atoms with Gasteiger partial charge in [-0.3, -0.25) is 9.89 Å². The highest BCUT2D eigenvalue weighted by atomic mass is 16.4. The van der Waals surface area contributed by atoms with E-state index in [1.54, 1.807) is 13.1 Å². The number of amides is 1. The molecule has 0 fully saturated rings. The Morgan fingerprint density at radius 3 is 2.88 bits per heavy atom. The second-order valence-corrected chi connectivity index (χ2v) is 3.49. The molecule has 0 radical (unpaired) electrons. The predicted octanol–water partition coefficient (Wildman–Crippen LogP) is 0.945. The zero-order valence-corrected chi connectivity index (χ0v) is 9.07. The molecule has 2 N–H and O–H groups in total. The summed E-state index contributed by atoms with van der Waals surface area (Å²) in [5.74, 6) is 0.361. The third kappa shape index (κ3) is 2.10. The summed E-state index contributed by atoms with van der Waals surface area (Å²) in [4.78, 5) is 15.4. The number of carbonyl (C=O) groups excluding carboxylic acids is 1. The molecule has 6 heteroatoms. The van der Waals surface area contributed by atoms with Crippen LogP contribution >= 0.6 is 0 Å². The number of aromatic nitrogens is 3. The molecule has 2 heterocycles. The number of hydrogen-bond donors (Lipinski definition) is 2. The lowest BCUT2D eigenvalue weighted by atomic mass is 10.3. The fourth-order valence-electron chi connectivity index (χ4n) is 1.26. The number of oxazole rings is 1. The van der Waals surface area contributed by atoms with E-state index in [2.05, 4.69) is 20.5 Å². The molecule has 0 saturated heterocycles. The molecule has 0 bridgehead atoms. The standard InChI is InChI=1S/C10H12N4O2/c1-6-3-13-14-8(6)5-11-9(15)10-12-4-7(2)16-10/h3-4H,5H2,1-2H3,(H,11,15)(H,13,14). The summed E-state index contributed by atoms with van der Waals surface area (Å²) < 4.78 is 5.10. The van der Waals surface area contributed by atoms with Gasteiger partial charge < -0.3 is 9.73 Å². The molecule has 6 nitrogen and oxygen atoms in total. The van der Waals surface area contributed by atoms with Crippen molar-refractivity contribution < 1.29 is 9.21 Å². The van der Waals surface area contributed by atoms with Gasteiger partial charge in [-0.15, -0.1) is 0 Å². The fraction of sp³-hybridized carbons (Fsp3) is 0.300. The third-order valence-electron chi connectivity index (χ3n) is 2.17. The molecule has 0 unspecified atom stereocenters. The Hall–Kier alpha value is -2.11. The predicted molar refractivity (Wildman–Crippen MR) is 55.7 cm³/mol. The number of nitrogens with zero attached hydrogens (tertiary/aromatic N) is 2. The van der Waals surface area contributed by atoms with Gasteiger partial charge in [0.25, 0.3) is 5.89 Å². The van der Waals surface area contributed by atoms with Crippen molar-refractivity contribution in [2.45, 2.75) is 20.4 Å². The molecule has 0 aliphatic carbocycles. The maximum atomic E-state index is 11.6. The molecule has 0 atom stereocenters. The topological polar surface area (TPSA) is 83.8 Å². The molecule has 1 amide bonds. The molecule has 0 spiro atoms. The van der Waals surface area contributed by atoms with E-state index in [1.807, 2.05) is 6.92 Å². The molecule has 2 rings (SSSR count). The first kappa shape index (κ1) is 10.4. The highest BCUT2D eigenvalue weighted by molar-refractivity contribution is 5.89. The van der Waals surface area contributed by atoms with Gasteiger partial charge in [-0.1, -0.05) is 0 Å². The van der Waals surface area contributed by atoms with Crippen LogP contribution in [0.5, 0.6) is 0 Å². The van der Waals surface area contributed by atoms with Crippen LogP contribution in [0.2, 0.25) is 0 Å². The Morgan fingerprint density at radius 2 is 2.31 bits per heavy atom. The van der Waals surface area contributed by atoms with Crippen LogP contribution in [-0.2, 0) is 6.54 Å². The molecule has 0 saturated carbocycles. The van der Waals surface area contributed by atoms with E-state index >= 15 is 0 Å². The number of aryl methyl sites for hydroxylation is 2. The number of rotatable bonds is 3. The summed E-state index contributed by atoms with van der Waals surface area (Å²) in [5.41, 5.74) is 1.88. The number of hydrogen-bond acceptors (Lipinski definition) is 4. The number of carbonyl (C=O) groups is 1. The summed E-state index contributed by atoms with van der Waals surface area (Å²) in [7, 11) is 0. The Balaban J connectivity index is 1.96. The van der Waals surface area contributed by atoms with E-state index in [1.165, 1.54) is 6.20 Å². The first-order chi connectivity index (χ1) is 7.66. The van der Waals surface area contributed by atoms with Crippen molar-refractivity contribution in [3.63, 3.8) is 0 Å². The zero-order valence-electron chi connectivity index (χ0n) is 9.07. The van der Waals surface area contributed by atoms with E-state index in [0.29, 0.717) is 12.3 Å². The van der Waals surface area contributed by atoms with Crippen LogP contribution in [0.3, 0.4) is 0 Å². The maximum absolute atomic E-state index is 11.6. The van der Waals surface area contributed by atoms with Gasteiger partial charge in [-0.2, -0.15) is 5.10 Å². The molecule has 2 aromatic rings. The van der Waals surface area contributed by atoms with Gasteiger partial charge in [-0.05, 0) is 19.4 Å². The highest BCUT2D eigenvalue weighted by Crippen LogP contribution is 2.03. The van der Waals surface area contributed by atoms with E-state index in [0.717, 1.165) is 11.3 Å². The highest BCUT2D eigenvalue weighted by Gasteiger charge is 2.12. The normalized spacial score (nSPS) is 10.4. The molecule has 16 heavy (non-hydrogen) atoms. The van der Waals surface area contributed by atoms with Crippen LogP contribution in [0.1, 0.15) is 27.7 Å². The lowest BCUT2D eigenvalue weighted by Crippen LogP contribution is -2.23. The van der Waals surface area contributed by atoms with Gasteiger partial charge in [0.15, 0.2) is 0 Å². The lowest BCUT2D eigenvalue weighted by molar-refractivity contribution is 0.0914. The van der Waals surface area contributed by atoms with E-state index in [9.17, 15) is 4.79 Å². The van der Waals surface area contributed by atoms with Crippen molar-refractivity contribution in [3.05, 3.63) is 35.3 Å². The third-order valence-corrected chi connectivity index (χ3v) is 2.17. The Kier molecular flexibility index (Phi) is 2.72. The summed E-state index contributed by atoms with van der Waals surface area (Å²) in [5, 5.41) is 9.35. The van der Waals surface area contributed by atoms with Crippen LogP contribution < -0.4 is 5.32 Å². The number of H-pyrrole nitrogens is 1. The van der Waals surface area contributed by atoms with Gasteiger partial charge >= 0.3 is 5.91 Å². The van der Waals surface area contributed by atoms with Crippen LogP contribution in [0, 0.1) is 13.8 Å². The van der Waals surface area contributed by atoms with Crippen LogP contribution in [0.25, 0.3) is 0 Å². The van der Waals surface area contributed by atoms with Gasteiger partial charge in [0.2, 0.25) is 0 Å². The summed E-state index contributed by atoms with van der Waals surface area (Å²) >= 11 is 0. The van der Waals surface area contributed by atoms with Gasteiger partial charge in [0.05, 0.1) is 24.6 Å². The van der Waals surface area contributed by atoms with Crippen molar-refractivity contribution in [2.24, 2.45) is 0 Å². The average molecular weight is 220 g/mol. The van der Waals surface area contributed by atoms with E-state index in [-0.39, 0.29) is 11.8 Å². The van der Waals surface area contributed by atoms with E-state index in [4.69, 9.17) is 4.42 Å². The summed E-state index contributed by atoms with van der Waals surface area (Å²) in [6.45, 7) is 4.04. The number of nitrogens with one attached hydrogen (secondary N) is 2. The Morgan fingerprint density at radius 1 is 1.50 bits per heavy atom. The minimum Gasteiger partial charge on any atom is -0.438 e. The monoisotopic (exact) mass is 220 g/mol. The molecular formula is C10H12N4O2. The smallest absolute Gasteiger partial charge is 0.307 e. The average Bonchev–Trinajstić information content (AvgIpc) is 2.84. The Bertz CT molecular complexity index is 500. The molecule has 0 aliphatic heterocycles. The van der Waals surface area contributed by atoms with Crippen LogP contribution in [0.15, 0.2) is 16.8 Å². The van der Waals surface area contributed by atoms with Crippen molar-refractivity contribution in [2.75, 3.05) is 0 Å². The first-order valence-corrected chi connectivity index (χ1v) is 4.86. The van der Waals surface area contributed by atoms with Crippen LogP contribution in [-0.4, -0.2) is 21.1 Å². The lowest BCUT2D eigenvalue weighted by Gasteiger charge is -2.00. The van der Waals surface area contributed by atoms with Crippen molar-refractivity contribution >= 4 is 5.91 Å². The van der Waals surface area contributed by atoms with Crippen molar-refractivity contribution in [1.82, 2.24) is 20.5 Å². The minimum absolute atomic E-state index is 0.0784. The number of aromatic amines is 1. The second kappa shape index (κ2) is 4.18. The van der Waals surface area contributed by atoms with Crippen LogP contribution in [0.4, 0.5) is 0 Å². The van der Waals surface area contributed by atoms with Gasteiger partial charge in [-0.25, -0.2) is 4.98 Å². The van der Waals surface area contributed by atoms with Gasteiger partial charge in [0.1, 0.15) is 5.76 Å². The van der Waals surface area contributed by atoms with Crippen molar-refractivity contribution in [3.8, 4) is 0 Å². The fourth-order valence-corrected chi connectivity index (χ4v) is 1.26. The quantitative estimate of drug-likeness (QED) is 0.806. The minimum atomic E-state index is -0.331. The zero-order chi connectivity index (χ0) is 11.5. The SMILES string of the molecule is Cc1cnc(C(=O)NCc2[nH]ncc2C)o1. The van der Waals surface area contributed by atoms with Crippen molar-refractivity contribution in [1.29, 1.82) is 0 Å². The Labute approximate surface area is 92.1 Å². The molecule has 0 aliphatic rings. The maximum Gasteiger partial charge on any atom is 0.307 e. The molecule has 84 valence electrons. The first-order valence-electron chi connectivity index (χ1n) is 4.86. The summed E-state index contributed by atoms with van der Waals surface area (Å²) in [6.07, 6.45) is 3.22. The molecule has 2 aromatic heterocycles. The molecular weight excluding hydrogens is 208 g/mol. The summed E-state index contributed by atoms with van der Waals surface area (Å²) in [6, 6.07) is 0. The van der Waals surface area contributed by atoms with E-state index < -0.39 is 0 Å². The largest absolute Gasteiger partial charge is 0.438 e. The van der Waals surface area contributed by atoms with Gasteiger partial charge in [0, 0.05) is 0 Å². The second-order valence-electron chi connectivity index (χ2n) is 3.49. The molecule has 0 aromatic carbocycles.